The van der Waals surface area contributed by atoms with Crippen molar-refractivity contribution in [3.05, 3.63) is 57.8 Å². The molecule has 0 radical (unpaired) electrons. The molecule has 7 heteroatoms. The van der Waals surface area contributed by atoms with Crippen molar-refractivity contribution < 1.29 is 14.4 Å². The zero-order valence-electron chi connectivity index (χ0n) is 18.4. The van der Waals surface area contributed by atoms with Gasteiger partial charge in [-0.05, 0) is 55.2 Å². The van der Waals surface area contributed by atoms with E-state index in [9.17, 15) is 14.4 Å². The van der Waals surface area contributed by atoms with Gasteiger partial charge in [-0.15, -0.1) is 11.3 Å². The predicted octanol–water partition coefficient (Wildman–Crippen LogP) is 3.48. The van der Waals surface area contributed by atoms with Gasteiger partial charge in [0.25, 0.3) is 11.8 Å². The molecule has 1 fully saturated rings. The molecule has 0 spiro atoms. The van der Waals surface area contributed by atoms with Crippen molar-refractivity contribution in [2.75, 3.05) is 19.6 Å². The van der Waals surface area contributed by atoms with Crippen molar-refractivity contribution in [1.29, 1.82) is 0 Å². The van der Waals surface area contributed by atoms with Crippen molar-refractivity contribution in [3.63, 3.8) is 0 Å². The van der Waals surface area contributed by atoms with Crippen molar-refractivity contribution in [2.24, 2.45) is 11.8 Å². The third-order valence-corrected chi connectivity index (χ3v) is 6.43. The molecule has 2 heterocycles. The van der Waals surface area contributed by atoms with Crippen LogP contribution >= 0.6 is 11.3 Å². The van der Waals surface area contributed by atoms with Gasteiger partial charge in [-0.25, -0.2) is 0 Å². The van der Waals surface area contributed by atoms with Crippen molar-refractivity contribution in [1.82, 2.24) is 15.5 Å². The van der Waals surface area contributed by atoms with Gasteiger partial charge in [0.2, 0.25) is 5.91 Å². The number of hydrogen-bond acceptors (Lipinski definition) is 4. The van der Waals surface area contributed by atoms with Crippen LogP contribution in [0.5, 0.6) is 0 Å². The molecule has 0 bridgehead atoms. The summed E-state index contributed by atoms with van der Waals surface area (Å²) < 4.78 is 0. The summed E-state index contributed by atoms with van der Waals surface area (Å²) in [5.41, 5.74) is 1.74. The van der Waals surface area contributed by atoms with Crippen LogP contribution in [0.2, 0.25) is 0 Å². The molecule has 1 aromatic heterocycles. The van der Waals surface area contributed by atoms with E-state index in [1.54, 1.807) is 6.07 Å². The highest BCUT2D eigenvalue weighted by atomic mass is 32.1. The first kappa shape index (κ1) is 23.0. The molecule has 3 rings (SSSR count). The minimum absolute atomic E-state index is 0.0161. The summed E-state index contributed by atoms with van der Waals surface area (Å²) >= 11 is 1.36. The van der Waals surface area contributed by atoms with Crippen molar-refractivity contribution >= 4 is 29.1 Å². The Morgan fingerprint density at radius 3 is 2.48 bits per heavy atom. The van der Waals surface area contributed by atoms with E-state index in [-0.39, 0.29) is 23.6 Å². The summed E-state index contributed by atoms with van der Waals surface area (Å²) in [5.74, 6) is -0.0466. The molecule has 1 aliphatic heterocycles. The average molecular weight is 442 g/mol. The monoisotopic (exact) mass is 441 g/mol. The summed E-state index contributed by atoms with van der Waals surface area (Å²) in [6.07, 6.45) is 1.34. The van der Waals surface area contributed by atoms with Gasteiger partial charge >= 0.3 is 0 Å². The molecule has 6 nitrogen and oxygen atoms in total. The normalized spacial score (nSPS) is 15.5. The van der Waals surface area contributed by atoms with Crippen molar-refractivity contribution in [3.8, 4) is 0 Å². The number of nitrogens with zero attached hydrogens (tertiary/aromatic N) is 1. The van der Waals surface area contributed by atoms with E-state index >= 15 is 0 Å². The zero-order chi connectivity index (χ0) is 22.4. The van der Waals surface area contributed by atoms with Gasteiger partial charge in [0.15, 0.2) is 0 Å². The Bertz CT molecular complexity index is 903. The van der Waals surface area contributed by atoms with Gasteiger partial charge < -0.3 is 15.5 Å². The number of nitrogens with one attached hydrogen (secondary N) is 2. The van der Waals surface area contributed by atoms with Gasteiger partial charge in [0.05, 0.1) is 4.88 Å². The molecule has 2 aromatic rings. The number of hydrogen-bond donors (Lipinski definition) is 2. The largest absolute Gasteiger partial charge is 0.354 e. The molecule has 2 N–H and O–H groups in total. The van der Waals surface area contributed by atoms with Gasteiger partial charge in [0.1, 0.15) is 6.04 Å². The minimum atomic E-state index is -0.607. The molecule has 1 aromatic carbocycles. The lowest BCUT2D eigenvalue weighted by Gasteiger charge is -2.36. The number of carbonyl (C=O) groups is 3. The first-order valence-electron chi connectivity index (χ1n) is 10.8. The van der Waals surface area contributed by atoms with E-state index < -0.39 is 6.04 Å². The maximum atomic E-state index is 12.9. The highest BCUT2D eigenvalue weighted by Crippen LogP contribution is 2.23. The fraction of sp³-hybridized carbons (Fsp3) is 0.458. The first-order chi connectivity index (χ1) is 14.8. The van der Waals surface area contributed by atoms with Gasteiger partial charge in [-0.1, -0.05) is 37.6 Å². The Morgan fingerprint density at radius 1 is 1.13 bits per heavy atom. The number of amides is 3. The summed E-state index contributed by atoms with van der Waals surface area (Å²) in [4.78, 5) is 40.9. The molecule has 3 amide bonds. The summed E-state index contributed by atoms with van der Waals surface area (Å²) in [6, 6.07) is 10.6. The lowest BCUT2D eigenvalue weighted by molar-refractivity contribution is -0.124. The number of likely N-dealkylation sites (tertiary alicyclic amines) is 1. The predicted molar refractivity (Wildman–Crippen MR) is 123 cm³/mol. The second-order valence-corrected chi connectivity index (χ2v) is 9.51. The minimum Gasteiger partial charge on any atom is -0.354 e. The number of carbonyl (C=O) groups excluding carboxylic acids is 3. The highest BCUT2D eigenvalue weighted by molar-refractivity contribution is 7.12. The van der Waals surface area contributed by atoms with Crippen LogP contribution in [0.15, 0.2) is 41.8 Å². The number of rotatable bonds is 7. The second-order valence-electron chi connectivity index (χ2n) is 8.57. The van der Waals surface area contributed by atoms with Crippen LogP contribution in [0.25, 0.3) is 0 Å². The number of benzene rings is 1. The van der Waals surface area contributed by atoms with Crippen LogP contribution in [0.1, 0.15) is 52.3 Å². The topological polar surface area (TPSA) is 78.5 Å². The molecule has 1 unspecified atom stereocenters. The average Bonchev–Trinajstić information content (AvgIpc) is 3.30. The Morgan fingerprint density at radius 2 is 1.87 bits per heavy atom. The number of piperidine rings is 1. The van der Waals surface area contributed by atoms with Gasteiger partial charge in [0, 0.05) is 25.2 Å². The summed E-state index contributed by atoms with van der Waals surface area (Å²) in [5, 5.41) is 7.76. The Labute approximate surface area is 188 Å². The quantitative estimate of drug-likeness (QED) is 0.691. The molecule has 1 aliphatic rings. The molecule has 1 saturated heterocycles. The Balaban J connectivity index is 1.66. The molecule has 166 valence electrons. The Hall–Kier alpha value is -2.67. The van der Waals surface area contributed by atoms with E-state index in [4.69, 9.17) is 0 Å². The molecule has 0 aliphatic carbocycles. The maximum absolute atomic E-state index is 12.9. The van der Waals surface area contributed by atoms with E-state index in [0.717, 1.165) is 5.56 Å². The SMILES string of the molecule is Cc1cccc(C(=O)N2CCC(C(NC(=O)c3cccs3)C(=O)NCC(C)C)CC2)c1. The lowest BCUT2D eigenvalue weighted by Crippen LogP contribution is -2.54. The smallest absolute Gasteiger partial charge is 0.262 e. The van der Waals surface area contributed by atoms with E-state index in [1.165, 1.54) is 11.3 Å². The molecule has 31 heavy (non-hydrogen) atoms. The second kappa shape index (κ2) is 10.6. The summed E-state index contributed by atoms with van der Waals surface area (Å²) in [7, 11) is 0. The van der Waals surface area contributed by atoms with Crippen LogP contribution in [-0.4, -0.2) is 48.3 Å². The van der Waals surface area contributed by atoms with Crippen LogP contribution in [-0.2, 0) is 4.79 Å². The third-order valence-electron chi connectivity index (χ3n) is 5.56. The fourth-order valence-corrected chi connectivity index (χ4v) is 4.46. The van der Waals surface area contributed by atoms with E-state index in [1.807, 2.05) is 61.4 Å². The highest BCUT2D eigenvalue weighted by Gasteiger charge is 2.34. The standard InChI is InChI=1S/C24H31N3O3S/c1-16(2)15-25-23(29)21(26-22(28)20-8-5-13-31-20)18-9-11-27(12-10-18)24(30)19-7-4-6-17(3)14-19/h4-8,13-14,16,18,21H,9-12,15H2,1-3H3,(H,25,29)(H,26,28). The molecular weight excluding hydrogens is 410 g/mol. The van der Waals surface area contributed by atoms with Gasteiger partial charge in [-0.3, -0.25) is 14.4 Å². The molecule has 0 saturated carbocycles. The van der Waals surface area contributed by atoms with E-state index in [0.29, 0.717) is 48.8 Å². The van der Waals surface area contributed by atoms with E-state index in [2.05, 4.69) is 10.6 Å². The number of aryl methyl sites for hydroxylation is 1. The zero-order valence-corrected chi connectivity index (χ0v) is 19.2. The first-order valence-corrected chi connectivity index (χ1v) is 11.7. The van der Waals surface area contributed by atoms with Crippen LogP contribution in [0.3, 0.4) is 0 Å². The third kappa shape index (κ3) is 6.17. The van der Waals surface area contributed by atoms with Gasteiger partial charge in [-0.2, -0.15) is 0 Å². The Kier molecular flexibility index (Phi) is 7.85. The van der Waals surface area contributed by atoms with Crippen LogP contribution < -0.4 is 10.6 Å². The fourth-order valence-electron chi connectivity index (χ4n) is 3.83. The maximum Gasteiger partial charge on any atom is 0.262 e. The number of thiophene rings is 1. The van der Waals surface area contributed by atoms with Crippen LogP contribution in [0.4, 0.5) is 0 Å². The van der Waals surface area contributed by atoms with Crippen molar-refractivity contribution in [2.45, 2.75) is 39.7 Å². The summed E-state index contributed by atoms with van der Waals surface area (Å²) in [6.45, 7) is 7.75. The molecular formula is C24H31N3O3S. The van der Waals surface area contributed by atoms with Crippen LogP contribution in [0, 0.1) is 18.8 Å². The lowest BCUT2D eigenvalue weighted by atomic mass is 9.88. The molecule has 1 atom stereocenters.